The summed E-state index contributed by atoms with van der Waals surface area (Å²) in [5.74, 6) is 1.25. The van der Waals surface area contributed by atoms with Crippen molar-refractivity contribution < 1.29 is 9.53 Å². The Bertz CT molecular complexity index is 953. The van der Waals surface area contributed by atoms with Crippen molar-refractivity contribution in [1.82, 2.24) is 24.3 Å². The number of piperidine rings is 1. The predicted octanol–water partition coefficient (Wildman–Crippen LogP) is 4.00. The number of rotatable bonds is 6. The molecule has 2 saturated heterocycles. The number of urea groups is 1. The second-order valence-corrected chi connectivity index (χ2v) is 10.6. The molecule has 0 bridgehead atoms. The van der Waals surface area contributed by atoms with E-state index < -0.39 is 0 Å². The van der Waals surface area contributed by atoms with Gasteiger partial charge in [-0.25, -0.2) is 4.79 Å². The summed E-state index contributed by atoms with van der Waals surface area (Å²) in [4.78, 5) is 16.7. The van der Waals surface area contributed by atoms with Gasteiger partial charge in [0, 0.05) is 44.7 Å². The van der Waals surface area contributed by atoms with Crippen molar-refractivity contribution in [1.29, 1.82) is 0 Å². The summed E-state index contributed by atoms with van der Waals surface area (Å²) < 4.78 is 12.0. The van der Waals surface area contributed by atoms with E-state index in [4.69, 9.17) is 4.74 Å². The molecule has 3 aliphatic rings. The normalized spacial score (nSPS) is 28.2. The molecule has 1 aliphatic carbocycles. The lowest BCUT2D eigenvalue weighted by Crippen LogP contribution is -2.58. The minimum Gasteiger partial charge on any atom is -0.374 e. The van der Waals surface area contributed by atoms with Crippen LogP contribution in [0.3, 0.4) is 0 Å². The predicted molar refractivity (Wildman–Crippen MR) is 133 cm³/mol. The van der Waals surface area contributed by atoms with Crippen LogP contribution in [0.5, 0.6) is 0 Å². The molecule has 2 amide bonds. The van der Waals surface area contributed by atoms with Crippen molar-refractivity contribution in [3.63, 3.8) is 0 Å². The summed E-state index contributed by atoms with van der Waals surface area (Å²) in [7, 11) is 2.00. The molecule has 0 spiro atoms. The van der Waals surface area contributed by atoms with Gasteiger partial charge in [0.2, 0.25) is 0 Å². The molecule has 180 valence electrons. The number of nitrogens with zero attached hydrogens (tertiary/aromatic N) is 4. The molecular formula is C25H37N5O2S. The summed E-state index contributed by atoms with van der Waals surface area (Å²) in [5.41, 5.74) is 2.65. The van der Waals surface area contributed by atoms with Crippen molar-refractivity contribution in [3.8, 4) is 0 Å². The lowest BCUT2D eigenvalue weighted by Gasteiger charge is -2.43. The van der Waals surface area contributed by atoms with E-state index in [0.29, 0.717) is 24.4 Å². The molecule has 1 saturated carbocycles. The first-order valence-electron chi connectivity index (χ1n) is 12.5. The third kappa shape index (κ3) is 5.03. The largest absolute Gasteiger partial charge is 0.374 e. The quantitative estimate of drug-likeness (QED) is 0.646. The van der Waals surface area contributed by atoms with Gasteiger partial charge in [-0.15, -0.1) is 0 Å². The molecule has 8 heteroatoms. The Morgan fingerprint density at radius 2 is 1.97 bits per heavy atom. The highest BCUT2D eigenvalue weighted by Gasteiger charge is 2.35. The summed E-state index contributed by atoms with van der Waals surface area (Å²) >= 11 is 1.66. The lowest BCUT2D eigenvalue weighted by molar-refractivity contribution is -0.0309. The molecule has 1 unspecified atom stereocenters. The Kier molecular flexibility index (Phi) is 7.13. The summed E-state index contributed by atoms with van der Waals surface area (Å²) in [5, 5.41) is 5.62. The standard InChI is InChI=1S/C25H37N5O2S/c1-28-23-9-8-20(14-21(23)15-26-28)19-6-4-18(5-7-19)17-32-24-16-30(13-10-22(24)27-33-2)25(31)29-11-3-12-29/h8-9,14-15,18-19,22,24,27H,3-7,10-13,16-17H2,1-2H3/t18?,19?,22-,24?/m0/s1. The minimum absolute atomic E-state index is 0.0714. The molecule has 33 heavy (non-hydrogen) atoms. The number of carbonyl (C=O) groups excluding carboxylic acids is 1. The number of hydrogen-bond donors (Lipinski definition) is 1. The summed E-state index contributed by atoms with van der Waals surface area (Å²) in [6.45, 7) is 4.14. The molecule has 1 aromatic carbocycles. The van der Waals surface area contributed by atoms with Gasteiger partial charge in [0.05, 0.1) is 24.4 Å². The first-order chi connectivity index (χ1) is 16.1. The van der Waals surface area contributed by atoms with Gasteiger partial charge in [-0.05, 0) is 74.3 Å². The highest BCUT2D eigenvalue weighted by atomic mass is 32.2. The number of aryl methyl sites for hydroxylation is 1. The maximum absolute atomic E-state index is 12.7. The van der Waals surface area contributed by atoms with Gasteiger partial charge in [0.25, 0.3) is 0 Å². The number of fused-ring (bicyclic) bond motifs is 1. The number of carbonyl (C=O) groups is 1. The first-order valence-corrected chi connectivity index (χ1v) is 13.7. The van der Waals surface area contributed by atoms with E-state index in [-0.39, 0.29) is 12.1 Å². The molecule has 5 rings (SSSR count). The van der Waals surface area contributed by atoms with Crippen LogP contribution in [0, 0.1) is 5.92 Å². The zero-order chi connectivity index (χ0) is 22.8. The minimum atomic E-state index is 0.0714. The van der Waals surface area contributed by atoms with E-state index in [2.05, 4.69) is 34.3 Å². The number of ether oxygens (including phenoxy) is 1. The second-order valence-electron chi connectivity index (χ2n) is 9.96. The maximum atomic E-state index is 12.7. The molecule has 1 N–H and O–H groups in total. The Balaban J connectivity index is 1.13. The number of likely N-dealkylation sites (tertiary alicyclic amines) is 2. The van der Waals surface area contributed by atoms with E-state index in [9.17, 15) is 4.79 Å². The summed E-state index contributed by atoms with van der Waals surface area (Å²) in [6, 6.07) is 7.33. The fraction of sp³-hybridized carbons (Fsp3) is 0.680. The topological polar surface area (TPSA) is 62.6 Å². The maximum Gasteiger partial charge on any atom is 0.320 e. The fourth-order valence-corrected chi connectivity index (χ4v) is 6.18. The highest BCUT2D eigenvalue weighted by molar-refractivity contribution is 7.96. The van der Waals surface area contributed by atoms with Gasteiger partial charge in [-0.3, -0.25) is 9.40 Å². The first kappa shape index (κ1) is 23.0. The molecule has 2 atom stereocenters. The van der Waals surface area contributed by atoms with Crippen LogP contribution in [0.15, 0.2) is 24.4 Å². The van der Waals surface area contributed by atoms with Crippen molar-refractivity contribution >= 4 is 28.9 Å². The molecule has 2 aromatic rings. The number of amides is 2. The van der Waals surface area contributed by atoms with Crippen molar-refractivity contribution in [2.24, 2.45) is 13.0 Å². The fourth-order valence-electron chi connectivity index (χ4n) is 5.61. The van der Waals surface area contributed by atoms with E-state index >= 15 is 0 Å². The van der Waals surface area contributed by atoms with Crippen molar-refractivity contribution in [2.45, 2.75) is 56.6 Å². The van der Waals surface area contributed by atoms with Crippen molar-refractivity contribution in [3.05, 3.63) is 30.0 Å². The zero-order valence-corrected chi connectivity index (χ0v) is 20.7. The molecular weight excluding hydrogens is 434 g/mol. The van der Waals surface area contributed by atoms with E-state index in [1.807, 2.05) is 27.7 Å². The molecule has 0 radical (unpaired) electrons. The molecule has 3 heterocycles. The molecule has 1 aromatic heterocycles. The lowest BCUT2D eigenvalue weighted by atomic mass is 9.79. The SMILES string of the molecule is CSN[C@H]1CCN(C(=O)N2CCC2)CC1OCC1CCC(c2ccc3c(cnn3C)c2)CC1. The van der Waals surface area contributed by atoms with Gasteiger partial charge < -0.3 is 14.5 Å². The summed E-state index contributed by atoms with van der Waals surface area (Å²) in [6.07, 6.45) is 11.0. The third-order valence-electron chi connectivity index (χ3n) is 7.86. The van der Waals surface area contributed by atoms with Crippen LogP contribution in [0.1, 0.15) is 50.0 Å². The Morgan fingerprint density at radius 3 is 2.70 bits per heavy atom. The van der Waals surface area contributed by atoms with E-state index in [1.54, 1.807) is 11.9 Å². The van der Waals surface area contributed by atoms with E-state index in [0.717, 1.165) is 39.1 Å². The van der Waals surface area contributed by atoms with Gasteiger partial charge in [0.15, 0.2) is 0 Å². The van der Waals surface area contributed by atoms with Gasteiger partial charge in [0.1, 0.15) is 0 Å². The highest BCUT2D eigenvalue weighted by Crippen LogP contribution is 2.37. The monoisotopic (exact) mass is 471 g/mol. The van der Waals surface area contributed by atoms with E-state index in [1.165, 1.54) is 42.1 Å². The van der Waals surface area contributed by atoms with Crippen LogP contribution >= 0.6 is 11.9 Å². The zero-order valence-electron chi connectivity index (χ0n) is 19.9. The third-order valence-corrected chi connectivity index (χ3v) is 8.40. The second kappa shape index (κ2) is 10.2. The van der Waals surface area contributed by atoms with Crippen LogP contribution in [0.25, 0.3) is 10.9 Å². The number of aromatic nitrogens is 2. The Hall–Kier alpha value is -1.77. The van der Waals surface area contributed by atoms with Crippen LogP contribution in [0.2, 0.25) is 0 Å². The van der Waals surface area contributed by atoms with Gasteiger partial charge in [-0.1, -0.05) is 18.0 Å². The molecule has 2 aliphatic heterocycles. The Labute approximate surface area is 201 Å². The number of hydrogen-bond acceptors (Lipinski definition) is 5. The Morgan fingerprint density at radius 1 is 1.15 bits per heavy atom. The average Bonchev–Trinajstić information content (AvgIpc) is 3.18. The van der Waals surface area contributed by atoms with Crippen LogP contribution in [-0.2, 0) is 11.8 Å². The van der Waals surface area contributed by atoms with Gasteiger partial charge >= 0.3 is 6.03 Å². The van der Waals surface area contributed by atoms with Gasteiger partial charge in [-0.2, -0.15) is 5.10 Å². The molecule has 3 fully saturated rings. The van der Waals surface area contributed by atoms with Crippen LogP contribution < -0.4 is 4.72 Å². The van der Waals surface area contributed by atoms with Crippen LogP contribution in [-0.4, -0.2) is 76.8 Å². The van der Waals surface area contributed by atoms with Crippen molar-refractivity contribution in [2.75, 3.05) is 39.0 Å². The number of nitrogens with one attached hydrogen (secondary N) is 1. The average molecular weight is 472 g/mol. The molecule has 7 nitrogen and oxygen atoms in total. The smallest absolute Gasteiger partial charge is 0.320 e. The number of benzene rings is 1. The van der Waals surface area contributed by atoms with Crippen LogP contribution in [0.4, 0.5) is 4.79 Å².